The number of nitrogens with one attached hydrogen (secondary N) is 2. The molecule has 3 rings (SSSR count). The molecule has 2 aromatic rings. The number of aromatic nitrogens is 2. The van der Waals surface area contributed by atoms with E-state index in [2.05, 4.69) is 15.3 Å². The molecule has 1 aromatic heterocycles. The van der Waals surface area contributed by atoms with Gasteiger partial charge in [0.15, 0.2) is 0 Å². The molecule has 0 unspecified atom stereocenters. The summed E-state index contributed by atoms with van der Waals surface area (Å²) in [5.74, 6) is 0.613. The van der Waals surface area contributed by atoms with Gasteiger partial charge in [0.05, 0.1) is 36.7 Å². The van der Waals surface area contributed by atoms with Gasteiger partial charge in [-0.25, -0.2) is 4.98 Å². The number of aromatic amines is 1. The molecule has 1 aliphatic rings. The average molecular weight is 266 g/mol. The summed E-state index contributed by atoms with van der Waals surface area (Å²) in [5, 5.41) is 4.38. The minimum absolute atomic E-state index is 0.140. The molecule has 5 nitrogen and oxygen atoms in total. The number of benzene rings is 1. The predicted octanol–water partition coefficient (Wildman–Crippen LogP) is 1.06. The molecule has 1 aliphatic heterocycles. The zero-order chi connectivity index (χ0) is 12.5. The number of ether oxygens (including phenoxy) is 1. The van der Waals surface area contributed by atoms with E-state index in [1.165, 1.54) is 0 Å². The van der Waals surface area contributed by atoms with Gasteiger partial charge in [-0.15, -0.1) is 0 Å². The second kappa shape index (κ2) is 4.68. The molecule has 1 fully saturated rings. The first-order valence-corrected chi connectivity index (χ1v) is 6.10. The van der Waals surface area contributed by atoms with Crippen LogP contribution in [0, 0.1) is 0 Å². The number of nitrogens with zero attached hydrogens (tertiary/aromatic N) is 1. The summed E-state index contributed by atoms with van der Waals surface area (Å²) in [6, 6.07) is 5.41. The Morgan fingerprint density at radius 2 is 2.33 bits per heavy atom. The van der Waals surface area contributed by atoms with Crippen LogP contribution in [0.2, 0.25) is 5.02 Å². The molecule has 0 saturated carbocycles. The van der Waals surface area contributed by atoms with E-state index in [1.54, 1.807) is 18.2 Å². The second-order valence-electron chi connectivity index (χ2n) is 4.29. The first-order chi connectivity index (χ1) is 8.72. The topological polar surface area (TPSA) is 67.0 Å². The molecule has 2 N–H and O–H groups in total. The van der Waals surface area contributed by atoms with E-state index < -0.39 is 0 Å². The van der Waals surface area contributed by atoms with Crippen molar-refractivity contribution >= 4 is 22.5 Å². The van der Waals surface area contributed by atoms with Crippen LogP contribution in [-0.4, -0.2) is 29.2 Å². The molecule has 0 radical (unpaired) electrons. The minimum atomic E-state index is -0.140. The number of rotatable bonds is 3. The fourth-order valence-electron chi connectivity index (χ4n) is 1.84. The van der Waals surface area contributed by atoms with Crippen molar-refractivity contribution in [2.45, 2.75) is 12.6 Å². The number of hydrogen-bond donors (Lipinski definition) is 2. The lowest BCUT2D eigenvalue weighted by atomic mass is 10.2. The van der Waals surface area contributed by atoms with Crippen LogP contribution in [-0.2, 0) is 11.3 Å². The van der Waals surface area contributed by atoms with Gasteiger partial charge in [-0.2, -0.15) is 0 Å². The molecule has 0 spiro atoms. The Hall–Kier alpha value is -1.43. The van der Waals surface area contributed by atoms with Crippen molar-refractivity contribution in [2.24, 2.45) is 0 Å². The summed E-state index contributed by atoms with van der Waals surface area (Å²) < 4.78 is 5.06. The molecule has 18 heavy (non-hydrogen) atoms. The first kappa shape index (κ1) is 11.6. The van der Waals surface area contributed by atoms with Crippen LogP contribution < -0.4 is 10.9 Å². The van der Waals surface area contributed by atoms with Crippen LogP contribution in [0.5, 0.6) is 0 Å². The molecule has 0 atom stereocenters. The van der Waals surface area contributed by atoms with Crippen molar-refractivity contribution in [1.29, 1.82) is 0 Å². The highest BCUT2D eigenvalue weighted by atomic mass is 35.5. The van der Waals surface area contributed by atoms with Crippen molar-refractivity contribution in [3.63, 3.8) is 0 Å². The van der Waals surface area contributed by atoms with E-state index in [9.17, 15) is 4.79 Å². The predicted molar refractivity (Wildman–Crippen MR) is 68.8 cm³/mol. The number of hydrogen-bond acceptors (Lipinski definition) is 4. The maximum Gasteiger partial charge on any atom is 0.258 e. The van der Waals surface area contributed by atoms with Gasteiger partial charge in [-0.1, -0.05) is 11.6 Å². The van der Waals surface area contributed by atoms with E-state index in [4.69, 9.17) is 16.3 Å². The van der Waals surface area contributed by atoms with Crippen LogP contribution in [0.3, 0.4) is 0 Å². The Labute approximate surface area is 108 Å². The Bertz CT molecular complexity index is 637. The Morgan fingerprint density at radius 1 is 1.50 bits per heavy atom. The van der Waals surface area contributed by atoms with Crippen molar-refractivity contribution in [3.05, 3.63) is 39.4 Å². The average Bonchev–Trinajstić information content (AvgIpc) is 2.26. The van der Waals surface area contributed by atoms with Crippen LogP contribution in [0.4, 0.5) is 0 Å². The van der Waals surface area contributed by atoms with Gasteiger partial charge in [-0.05, 0) is 18.2 Å². The first-order valence-electron chi connectivity index (χ1n) is 5.72. The molecule has 2 heterocycles. The van der Waals surface area contributed by atoms with Gasteiger partial charge >= 0.3 is 0 Å². The normalized spacial score (nSPS) is 15.8. The molecule has 0 amide bonds. The fourth-order valence-corrected chi connectivity index (χ4v) is 2.01. The van der Waals surface area contributed by atoms with Gasteiger partial charge in [0.25, 0.3) is 5.56 Å². The van der Waals surface area contributed by atoms with Gasteiger partial charge in [0.2, 0.25) is 0 Å². The monoisotopic (exact) mass is 265 g/mol. The highest BCUT2D eigenvalue weighted by Crippen LogP contribution is 2.14. The van der Waals surface area contributed by atoms with Crippen LogP contribution in [0.25, 0.3) is 10.9 Å². The molecule has 94 valence electrons. The van der Waals surface area contributed by atoms with Crippen molar-refractivity contribution in [1.82, 2.24) is 15.3 Å². The van der Waals surface area contributed by atoms with Crippen LogP contribution in [0.1, 0.15) is 5.82 Å². The van der Waals surface area contributed by atoms with Crippen molar-refractivity contribution < 1.29 is 4.74 Å². The molecule has 0 aliphatic carbocycles. The summed E-state index contributed by atoms with van der Waals surface area (Å²) in [5.41, 5.74) is 0.478. The summed E-state index contributed by atoms with van der Waals surface area (Å²) in [6.07, 6.45) is 0. The second-order valence-corrected chi connectivity index (χ2v) is 4.73. The van der Waals surface area contributed by atoms with Gasteiger partial charge in [0, 0.05) is 5.02 Å². The third-order valence-electron chi connectivity index (χ3n) is 2.91. The van der Waals surface area contributed by atoms with Gasteiger partial charge in [-0.3, -0.25) is 4.79 Å². The van der Waals surface area contributed by atoms with Gasteiger partial charge < -0.3 is 15.0 Å². The van der Waals surface area contributed by atoms with E-state index in [0.717, 1.165) is 0 Å². The lowest BCUT2D eigenvalue weighted by Gasteiger charge is -2.26. The Balaban J connectivity index is 1.90. The molecule has 1 aromatic carbocycles. The van der Waals surface area contributed by atoms with Gasteiger partial charge in [0.1, 0.15) is 5.82 Å². The summed E-state index contributed by atoms with van der Waals surface area (Å²) in [4.78, 5) is 19.0. The lowest BCUT2D eigenvalue weighted by molar-refractivity contribution is -0.00604. The van der Waals surface area contributed by atoms with Crippen molar-refractivity contribution in [3.8, 4) is 0 Å². The SMILES string of the molecule is O=c1[nH]c(CNC2COC2)nc2cc(Cl)ccc12. The highest BCUT2D eigenvalue weighted by molar-refractivity contribution is 6.31. The summed E-state index contributed by atoms with van der Waals surface area (Å²) in [7, 11) is 0. The molecular weight excluding hydrogens is 254 g/mol. The number of H-pyrrole nitrogens is 1. The van der Waals surface area contributed by atoms with Crippen molar-refractivity contribution in [2.75, 3.05) is 13.2 Å². The zero-order valence-electron chi connectivity index (χ0n) is 9.57. The van der Waals surface area contributed by atoms with E-state index in [-0.39, 0.29) is 5.56 Å². The van der Waals surface area contributed by atoms with Crippen LogP contribution >= 0.6 is 11.6 Å². The van der Waals surface area contributed by atoms with E-state index in [1.807, 2.05) is 0 Å². The molecular formula is C12H12ClN3O2. The van der Waals surface area contributed by atoms with E-state index >= 15 is 0 Å². The zero-order valence-corrected chi connectivity index (χ0v) is 10.3. The maximum atomic E-state index is 11.8. The highest BCUT2D eigenvalue weighted by Gasteiger charge is 2.17. The third-order valence-corrected chi connectivity index (χ3v) is 3.15. The Morgan fingerprint density at radius 3 is 3.06 bits per heavy atom. The maximum absolute atomic E-state index is 11.8. The van der Waals surface area contributed by atoms with E-state index in [0.29, 0.717) is 47.6 Å². The fraction of sp³-hybridized carbons (Fsp3) is 0.333. The summed E-state index contributed by atoms with van der Waals surface area (Å²) >= 11 is 5.90. The third kappa shape index (κ3) is 2.25. The molecule has 0 bridgehead atoms. The standard InChI is InChI=1S/C12H12ClN3O2/c13-7-1-2-9-10(3-7)15-11(16-12(9)17)4-14-8-5-18-6-8/h1-3,8,14H,4-6H2,(H,15,16,17). The smallest absolute Gasteiger partial charge is 0.258 e. The molecule has 6 heteroatoms. The Kier molecular flexibility index (Phi) is 3.03. The summed E-state index contributed by atoms with van der Waals surface area (Å²) in [6.45, 7) is 1.94. The molecule has 1 saturated heterocycles. The number of halogens is 1. The number of fused-ring (bicyclic) bond motifs is 1. The lowest BCUT2D eigenvalue weighted by Crippen LogP contribution is -2.45. The van der Waals surface area contributed by atoms with Crippen LogP contribution in [0.15, 0.2) is 23.0 Å². The largest absolute Gasteiger partial charge is 0.378 e. The minimum Gasteiger partial charge on any atom is -0.378 e. The quantitative estimate of drug-likeness (QED) is 0.871.